The van der Waals surface area contributed by atoms with Crippen LogP contribution in [0.3, 0.4) is 0 Å². The highest BCUT2D eigenvalue weighted by Crippen LogP contribution is 2.32. The van der Waals surface area contributed by atoms with Crippen LogP contribution in [0.4, 0.5) is 0 Å². The molecule has 0 aliphatic carbocycles. The van der Waals surface area contributed by atoms with Crippen LogP contribution in [-0.2, 0) is 17.3 Å². The fourth-order valence-electron chi connectivity index (χ4n) is 3.20. The average molecular weight is 330 g/mol. The van der Waals surface area contributed by atoms with E-state index in [0.29, 0.717) is 11.1 Å². The van der Waals surface area contributed by atoms with Crippen molar-refractivity contribution in [2.24, 2.45) is 0 Å². The Bertz CT molecular complexity index is 789. The summed E-state index contributed by atoms with van der Waals surface area (Å²) in [4.78, 5) is 0. The van der Waals surface area contributed by atoms with Gasteiger partial charge in [0.05, 0.1) is 23.3 Å². The second kappa shape index (κ2) is 6.73. The molecule has 2 rings (SSSR count). The van der Waals surface area contributed by atoms with Gasteiger partial charge in [0.25, 0.3) is 0 Å². The van der Waals surface area contributed by atoms with Gasteiger partial charge < -0.3 is 0 Å². The maximum absolute atomic E-state index is 9.24. The van der Waals surface area contributed by atoms with E-state index >= 15 is 0 Å². The Morgan fingerprint density at radius 2 is 1.04 bits per heavy atom. The minimum Gasteiger partial charge on any atom is -0.192 e. The van der Waals surface area contributed by atoms with Gasteiger partial charge >= 0.3 is 0 Å². The van der Waals surface area contributed by atoms with Gasteiger partial charge in [0, 0.05) is 0 Å². The summed E-state index contributed by atoms with van der Waals surface area (Å²) >= 11 is 0. The van der Waals surface area contributed by atoms with E-state index in [4.69, 9.17) is 0 Å². The summed E-state index contributed by atoms with van der Waals surface area (Å²) in [5.41, 5.74) is 6.22. The molecule has 0 spiro atoms. The summed E-state index contributed by atoms with van der Waals surface area (Å²) in [5, 5.41) is 18.5. The van der Waals surface area contributed by atoms with Crippen LogP contribution in [0.2, 0.25) is 0 Å². The molecule has 2 aromatic carbocycles. The van der Waals surface area contributed by atoms with E-state index in [1.165, 1.54) is 22.3 Å². The van der Waals surface area contributed by atoms with Gasteiger partial charge in [-0.1, -0.05) is 53.7 Å². The highest BCUT2D eigenvalue weighted by Gasteiger charge is 2.22. The van der Waals surface area contributed by atoms with E-state index in [9.17, 15) is 10.5 Å². The van der Waals surface area contributed by atoms with Crippen LogP contribution in [0.5, 0.6) is 0 Å². The quantitative estimate of drug-likeness (QED) is 0.718. The van der Waals surface area contributed by atoms with Gasteiger partial charge in [0.2, 0.25) is 0 Å². The molecule has 0 atom stereocenters. The molecule has 0 heterocycles. The van der Waals surface area contributed by atoms with Crippen molar-refractivity contribution in [2.45, 2.75) is 58.8 Å². The molecule has 0 saturated heterocycles. The lowest BCUT2D eigenvalue weighted by atomic mass is 9.78. The van der Waals surface area contributed by atoms with Crippen LogP contribution in [0, 0.1) is 22.7 Å². The SMILES string of the molecule is CC(C)(C)c1cc(C#N)ccc1Cc1ccc(C#N)cc1C(C)(C)C. The lowest BCUT2D eigenvalue weighted by Gasteiger charge is -2.26. The zero-order chi connectivity index (χ0) is 18.8. The molecule has 0 bridgehead atoms. The fourth-order valence-corrected chi connectivity index (χ4v) is 3.20. The lowest BCUT2D eigenvalue weighted by Crippen LogP contribution is -2.17. The molecule has 2 nitrogen and oxygen atoms in total. The Balaban J connectivity index is 2.58. The van der Waals surface area contributed by atoms with E-state index in [0.717, 1.165) is 6.42 Å². The molecule has 0 aliphatic rings. The van der Waals surface area contributed by atoms with E-state index in [1.807, 2.05) is 24.3 Å². The summed E-state index contributed by atoms with van der Waals surface area (Å²) in [6, 6.07) is 16.4. The van der Waals surface area contributed by atoms with E-state index in [2.05, 4.69) is 65.8 Å². The number of benzene rings is 2. The zero-order valence-electron chi connectivity index (χ0n) is 16.1. The normalized spacial score (nSPS) is 11.7. The number of hydrogen-bond donors (Lipinski definition) is 0. The lowest BCUT2D eigenvalue weighted by molar-refractivity contribution is 0.577. The largest absolute Gasteiger partial charge is 0.192 e. The minimum atomic E-state index is -0.0311. The van der Waals surface area contributed by atoms with Crippen LogP contribution in [-0.4, -0.2) is 0 Å². The van der Waals surface area contributed by atoms with Crippen LogP contribution in [0.1, 0.15) is 74.9 Å². The van der Waals surface area contributed by atoms with Gasteiger partial charge in [0.1, 0.15) is 0 Å². The van der Waals surface area contributed by atoms with Crippen LogP contribution < -0.4 is 0 Å². The third kappa shape index (κ3) is 4.28. The smallest absolute Gasteiger partial charge is 0.0991 e. The Kier molecular flexibility index (Phi) is 5.05. The van der Waals surface area contributed by atoms with E-state index in [-0.39, 0.29) is 10.8 Å². The Labute approximate surface area is 151 Å². The fraction of sp³-hybridized carbons (Fsp3) is 0.391. The predicted molar refractivity (Wildman–Crippen MR) is 103 cm³/mol. The topological polar surface area (TPSA) is 47.6 Å². The van der Waals surface area contributed by atoms with Crippen LogP contribution >= 0.6 is 0 Å². The van der Waals surface area contributed by atoms with Crippen molar-refractivity contribution in [1.82, 2.24) is 0 Å². The van der Waals surface area contributed by atoms with Crippen molar-refractivity contribution in [3.05, 3.63) is 69.8 Å². The molecule has 2 heteroatoms. The Hall–Kier alpha value is -2.58. The Morgan fingerprint density at radius 3 is 1.32 bits per heavy atom. The second-order valence-corrected chi connectivity index (χ2v) is 8.64. The Morgan fingerprint density at radius 1 is 0.680 bits per heavy atom. The van der Waals surface area contributed by atoms with E-state index in [1.54, 1.807) is 0 Å². The predicted octanol–water partition coefficient (Wildman–Crippen LogP) is 5.62. The molecule has 0 N–H and O–H groups in total. The van der Waals surface area contributed by atoms with Crippen molar-refractivity contribution < 1.29 is 0 Å². The molecule has 128 valence electrons. The van der Waals surface area contributed by atoms with Crippen molar-refractivity contribution >= 4 is 0 Å². The van der Waals surface area contributed by atoms with Crippen LogP contribution in [0.15, 0.2) is 36.4 Å². The first kappa shape index (κ1) is 18.8. The van der Waals surface area contributed by atoms with Gasteiger partial charge in [-0.25, -0.2) is 0 Å². The zero-order valence-corrected chi connectivity index (χ0v) is 16.1. The average Bonchev–Trinajstić information content (AvgIpc) is 2.53. The van der Waals surface area contributed by atoms with Crippen LogP contribution in [0.25, 0.3) is 0 Å². The molecular formula is C23H26N2. The standard InChI is InChI=1S/C23H26N2/c1-22(2,3)20-11-16(14-24)7-9-18(20)13-19-10-8-17(15-25)12-21(19)23(4,5)6/h7-12H,13H2,1-6H3. The maximum atomic E-state index is 9.24. The number of nitrogens with zero attached hydrogens (tertiary/aromatic N) is 2. The number of nitriles is 2. The number of hydrogen-bond acceptors (Lipinski definition) is 2. The molecule has 0 unspecified atom stereocenters. The third-order valence-electron chi connectivity index (χ3n) is 4.47. The first-order chi connectivity index (χ1) is 11.6. The van der Waals surface area contributed by atoms with Gasteiger partial charge in [-0.15, -0.1) is 0 Å². The third-order valence-corrected chi connectivity index (χ3v) is 4.47. The van der Waals surface area contributed by atoms with Crippen molar-refractivity contribution in [3.8, 4) is 12.1 Å². The van der Waals surface area contributed by atoms with Gasteiger partial charge in [-0.3, -0.25) is 0 Å². The van der Waals surface area contributed by atoms with Crippen molar-refractivity contribution in [3.63, 3.8) is 0 Å². The summed E-state index contributed by atoms with van der Waals surface area (Å²) in [7, 11) is 0. The monoisotopic (exact) mass is 330 g/mol. The molecule has 0 aromatic heterocycles. The van der Waals surface area contributed by atoms with Gasteiger partial charge in [-0.05, 0) is 63.8 Å². The summed E-state index contributed by atoms with van der Waals surface area (Å²) in [6.07, 6.45) is 0.802. The first-order valence-corrected chi connectivity index (χ1v) is 8.63. The molecule has 2 aromatic rings. The van der Waals surface area contributed by atoms with Crippen molar-refractivity contribution in [2.75, 3.05) is 0 Å². The summed E-state index contributed by atoms with van der Waals surface area (Å²) in [5.74, 6) is 0. The second-order valence-electron chi connectivity index (χ2n) is 8.64. The van der Waals surface area contributed by atoms with Gasteiger partial charge in [-0.2, -0.15) is 10.5 Å². The highest BCUT2D eigenvalue weighted by molar-refractivity contribution is 5.47. The molecular weight excluding hydrogens is 304 g/mol. The minimum absolute atomic E-state index is 0.0311. The summed E-state index contributed by atoms with van der Waals surface area (Å²) < 4.78 is 0. The summed E-state index contributed by atoms with van der Waals surface area (Å²) in [6.45, 7) is 13.1. The molecule has 0 saturated carbocycles. The molecule has 25 heavy (non-hydrogen) atoms. The molecule has 0 radical (unpaired) electrons. The highest BCUT2D eigenvalue weighted by atomic mass is 14.3. The first-order valence-electron chi connectivity index (χ1n) is 8.63. The molecule has 0 fully saturated rings. The molecule has 0 aliphatic heterocycles. The number of rotatable bonds is 2. The maximum Gasteiger partial charge on any atom is 0.0991 e. The van der Waals surface area contributed by atoms with Gasteiger partial charge in [0.15, 0.2) is 0 Å². The van der Waals surface area contributed by atoms with E-state index < -0.39 is 0 Å². The van der Waals surface area contributed by atoms with Crippen molar-refractivity contribution in [1.29, 1.82) is 10.5 Å². The molecule has 0 amide bonds.